The molecule has 1 heterocycles. The molecule has 1 atom stereocenters. The van der Waals surface area contributed by atoms with Gasteiger partial charge in [-0.1, -0.05) is 30.3 Å². The van der Waals surface area contributed by atoms with Crippen molar-refractivity contribution in [3.8, 4) is 0 Å². The van der Waals surface area contributed by atoms with E-state index in [0.29, 0.717) is 18.7 Å². The molecule has 0 spiro atoms. The molecule has 4 nitrogen and oxygen atoms in total. The van der Waals surface area contributed by atoms with Gasteiger partial charge in [-0.25, -0.2) is 4.39 Å². The van der Waals surface area contributed by atoms with E-state index in [1.165, 1.54) is 23.4 Å². The van der Waals surface area contributed by atoms with Gasteiger partial charge in [-0.3, -0.25) is 9.69 Å². The number of aliphatic carboxylic acids is 1. The van der Waals surface area contributed by atoms with E-state index in [2.05, 4.69) is 24.0 Å². The molecule has 24 heavy (non-hydrogen) atoms. The van der Waals surface area contributed by atoms with Crippen molar-refractivity contribution in [2.45, 2.75) is 13.0 Å². The minimum absolute atomic E-state index is 0.354. The van der Waals surface area contributed by atoms with E-state index in [1.54, 1.807) is 12.1 Å². The summed E-state index contributed by atoms with van der Waals surface area (Å²) in [4.78, 5) is 16.0. The molecule has 1 aliphatic rings. The number of nitrogens with zero attached hydrogens (tertiary/aromatic N) is 2. The highest BCUT2D eigenvalue weighted by Crippen LogP contribution is 2.26. The third-order valence-corrected chi connectivity index (χ3v) is 4.56. The molecule has 0 amide bonds. The SMILES string of the molecule is Cc1ccccc1N1CCN([C@H](C(=O)O)c2ccc(F)cc2)CC1. The topological polar surface area (TPSA) is 43.8 Å². The van der Waals surface area contributed by atoms with Gasteiger partial charge in [0.15, 0.2) is 0 Å². The van der Waals surface area contributed by atoms with Gasteiger partial charge >= 0.3 is 5.97 Å². The molecule has 1 aliphatic heterocycles. The average Bonchev–Trinajstić information content (AvgIpc) is 2.58. The lowest BCUT2D eigenvalue weighted by atomic mass is 10.0. The van der Waals surface area contributed by atoms with Crippen LogP contribution in [-0.2, 0) is 4.79 Å². The first-order chi connectivity index (χ1) is 11.6. The number of rotatable bonds is 4. The van der Waals surface area contributed by atoms with E-state index < -0.39 is 12.0 Å². The van der Waals surface area contributed by atoms with Gasteiger partial charge in [0.1, 0.15) is 11.9 Å². The molecule has 0 unspecified atom stereocenters. The molecule has 0 bridgehead atoms. The van der Waals surface area contributed by atoms with Crippen molar-refractivity contribution in [2.75, 3.05) is 31.1 Å². The van der Waals surface area contributed by atoms with Gasteiger partial charge in [0.2, 0.25) is 0 Å². The second-order valence-corrected chi connectivity index (χ2v) is 6.10. The second kappa shape index (κ2) is 7.01. The van der Waals surface area contributed by atoms with Crippen molar-refractivity contribution in [2.24, 2.45) is 0 Å². The molecule has 1 N–H and O–H groups in total. The monoisotopic (exact) mass is 328 g/mol. The summed E-state index contributed by atoms with van der Waals surface area (Å²) < 4.78 is 13.1. The summed E-state index contributed by atoms with van der Waals surface area (Å²) in [5.74, 6) is -1.25. The van der Waals surface area contributed by atoms with E-state index in [-0.39, 0.29) is 5.82 Å². The van der Waals surface area contributed by atoms with E-state index in [9.17, 15) is 14.3 Å². The van der Waals surface area contributed by atoms with Crippen LogP contribution in [0.4, 0.5) is 10.1 Å². The Morgan fingerprint density at radius 2 is 1.67 bits per heavy atom. The van der Waals surface area contributed by atoms with Crippen molar-refractivity contribution in [3.63, 3.8) is 0 Å². The minimum Gasteiger partial charge on any atom is -0.480 e. The lowest BCUT2D eigenvalue weighted by molar-refractivity contribution is -0.143. The lowest BCUT2D eigenvalue weighted by Crippen LogP contribution is -2.49. The number of aryl methyl sites for hydroxylation is 1. The van der Waals surface area contributed by atoms with Crippen molar-refractivity contribution >= 4 is 11.7 Å². The lowest BCUT2D eigenvalue weighted by Gasteiger charge is -2.39. The summed E-state index contributed by atoms with van der Waals surface area (Å²) in [5.41, 5.74) is 3.04. The maximum atomic E-state index is 13.1. The van der Waals surface area contributed by atoms with Crippen LogP contribution < -0.4 is 4.90 Å². The number of piperazine rings is 1. The molecule has 1 saturated heterocycles. The highest BCUT2D eigenvalue weighted by atomic mass is 19.1. The summed E-state index contributed by atoms with van der Waals surface area (Å²) in [6.07, 6.45) is 0. The minimum atomic E-state index is -0.897. The highest BCUT2D eigenvalue weighted by molar-refractivity contribution is 5.75. The summed E-state index contributed by atoms with van der Waals surface area (Å²) in [6.45, 7) is 4.94. The maximum Gasteiger partial charge on any atom is 0.325 e. The summed E-state index contributed by atoms with van der Waals surface area (Å²) >= 11 is 0. The van der Waals surface area contributed by atoms with Crippen LogP contribution >= 0.6 is 0 Å². The number of halogens is 1. The normalized spacial score (nSPS) is 16.8. The molecular weight excluding hydrogens is 307 g/mol. The number of benzene rings is 2. The number of carbonyl (C=O) groups is 1. The zero-order valence-corrected chi connectivity index (χ0v) is 13.7. The number of para-hydroxylation sites is 1. The summed E-state index contributed by atoms with van der Waals surface area (Å²) in [5, 5.41) is 9.63. The first kappa shape index (κ1) is 16.5. The van der Waals surface area contributed by atoms with E-state index >= 15 is 0 Å². The largest absolute Gasteiger partial charge is 0.480 e. The number of hydrogen-bond donors (Lipinski definition) is 1. The number of carboxylic acid groups (broad SMARTS) is 1. The highest BCUT2D eigenvalue weighted by Gasteiger charge is 2.30. The van der Waals surface area contributed by atoms with E-state index in [4.69, 9.17) is 0 Å². The second-order valence-electron chi connectivity index (χ2n) is 6.10. The van der Waals surface area contributed by atoms with Gasteiger partial charge in [-0.15, -0.1) is 0 Å². The molecule has 0 aliphatic carbocycles. The Morgan fingerprint density at radius 3 is 2.25 bits per heavy atom. The van der Waals surface area contributed by atoms with Gasteiger partial charge in [0.25, 0.3) is 0 Å². The molecule has 0 saturated carbocycles. The van der Waals surface area contributed by atoms with Crippen LogP contribution in [0.25, 0.3) is 0 Å². The fourth-order valence-corrected chi connectivity index (χ4v) is 3.29. The number of anilines is 1. The zero-order chi connectivity index (χ0) is 17.1. The Labute approximate surface area is 141 Å². The van der Waals surface area contributed by atoms with Crippen LogP contribution in [0.15, 0.2) is 48.5 Å². The Balaban J connectivity index is 1.73. The Morgan fingerprint density at radius 1 is 1.04 bits per heavy atom. The van der Waals surface area contributed by atoms with Crippen LogP contribution in [-0.4, -0.2) is 42.2 Å². The van der Waals surface area contributed by atoms with Gasteiger partial charge in [-0.05, 0) is 36.2 Å². The smallest absolute Gasteiger partial charge is 0.325 e. The number of hydrogen-bond acceptors (Lipinski definition) is 3. The van der Waals surface area contributed by atoms with Crippen molar-refractivity contribution in [1.29, 1.82) is 0 Å². The fourth-order valence-electron chi connectivity index (χ4n) is 3.29. The predicted octanol–water partition coefficient (Wildman–Crippen LogP) is 3.08. The van der Waals surface area contributed by atoms with Crippen LogP contribution in [0.2, 0.25) is 0 Å². The first-order valence-electron chi connectivity index (χ1n) is 8.09. The molecule has 2 aromatic carbocycles. The maximum absolute atomic E-state index is 13.1. The Hall–Kier alpha value is -2.40. The predicted molar refractivity (Wildman–Crippen MR) is 91.7 cm³/mol. The quantitative estimate of drug-likeness (QED) is 0.937. The van der Waals surface area contributed by atoms with E-state index in [1.807, 2.05) is 17.0 Å². The standard InChI is InChI=1S/C19H21FN2O2/c1-14-4-2-3-5-17(14)21-10-12-22(13-11-21)18(19(23)24)15-6-8-16(20)9-7-15/h2-9,18H,10-13H2,1H3,(H,23,24)/t18-/m0/s1. The van der Waals surface area contributed by atoms with Gasteiger partial charge < -0.3 is 10.0 Å². The molecule has 5 heteroatoms. The van der Waals surface area contributed by atoms with Crippen LogP contribution in [0, 0.1) is 12.7 Å². The molecule has 0 radical (unpaired) electrons. The van der Waals surface area contributed by atoms with Crippen molar-refractivity contribution in [3.05, 3.63) is 65.5 Å². The Kier molecular flexibility index (Phi) is 4.81. The molecule has 1 fully saturated rings. The fraction of sp³-hybridized carbons (Fsp3) is 0.316. The van der Waals surface area contributed by atoms with Crippen LogP contribution in [0.3, 0.4) is 0 Å². The van der Waals surface area contributed by atoms with Gasteiger partial charge in [0.05, 0.1) is 0 Å². The molecular formula is C19H21FN2O2. The third kappa shape index (κ3) is 3.41. The molecule has 0 aromatic heterocycles. The summed E-state index contributed by atoms with van der Waals surface area (Å²) in [6, 6.07) is 13.2. The zero-order valence-electron chi connectivity index (χ0n) is 13.7. The molecule has 2 aromatic rings. The average molecular weight is 328 g/mol. The molecule has 126 valence electrons. The Bertz CT molecular complexity index is 710. The first-order valence-corrected chi connectivity index (χ1v) is 8.09. The van der Waals surface area contributed by atoms with Crippen LogP contribution in [0.5, 0.6) is 0 Å². The van der Waals surface area contributed by atoms with Crippen molar-refractivity contribution in [1.82, 2.24) is 4.90 Å². The van der Waals surface area contributed by atoms with Gasteiger partial charge in [0, 0.05) is 31.9 Å². The number of carboxylic acids is 1. The summed E-state index contributed by atoms with van der Waals surface area (Å²) in [7, 11) is 0. The third-order valence-electron chi connectivity index (χ3n) is 4.56. The van der Waals surface area contributed by atoms with Crippen molar-refractivity contribution < 1.29 is 14.3 Å². The van der Waals surface area contributed by atoms with Crippen LogP contribution in [0.1, 0.15) is 17.2 Å². The van der Waals surface area contributed by atoms with E-state index in [0.717, 1.165) is 13.1 Å². The van der Waals surface area contributed by atoms with Gasteiger partial charge in [-0.2, -0.15) is 0 Å². The molecule has 3 rings (SSSR count).